The topological polar surface area (TPSA) is 191 Å². The fourth-order valence-electron chi connectivity index (χ4n) is 4.48. The smallest absolute Gasteiger partial charge is 0.268 e. The van der Waals surface area contributed by atoms with Crippen LogP contribution in [0.25, 0.3) is 10.9 Å². The van der Waals surface area contributed by atoms with Crippen molar-refractivity contribution in [2.24, 2.45) is 17.5 Å². The molecule has 3 unspecified atom stereocenters. The van der Waals surface area contributed by atoms with Crippen molar-refractivity contribution >= 4 is 34.3 Å². The van der Waals surface area contributed by atoms with Crippen molar-refractivity contribution in [1.82, 2.24) is 20.6 Å². The maximum atomic E-state index is 14.2. The van der Waals surface area contributed by atoms with E-state index in [4.69, 9.17) is 16.3 Å². The van der Waals surface area contributed by atoms with Crippen LogP contribution in [0.15, 0.2) is 60.4 Å². The first kappa shape index (κ1) is 29.0. The van der Waals surface area contributed by atoms with Crippen LogP contribution < -0.4 is 27.6 Å². The van der Waals surface area contributed by atoms with Crippen LogP contribution in [0.3, 0.4) is 0 Å². The number of aromatic nitrogens is 1. The molecule has 1 fully saturated rings. The van der Waals surface area contributed by atoms with E-state index in [1.807, 2.05) is 6.07 Å². The average molecular weight is 567 g/mol. The molecule has 12 nitrogen and oxygen atoms in total. The second kappa shape index (κ2) is 12.9. The lowest BCUT2D eigenvalue weighted by Gasteiger charge is -2.26. The molecule has 3 atom stereocenters. The number of H-pyrrole nitrogens is 1. The Balaban J connectivity index is 1.52. The normalized spacial score (nSPS) is 17.6. The molecule has 0 aliphatic carbocycles. The van der Waals surface area contributed by atoms with E-state index in [0.717, 1.165) is 12.3 Å². The van der Waals surface area contributed by atoms with Gasteiger partial charge in [-0.3, -0.25) is 20.2 Å². The van der Waals surface area contributed by atoms with Gasteiger partial charge < -0.3 is 36.4 Å². The van der Waals surface area contributed by atoms with E-state index < -0.39 is 41.5 Å². The largest absolute Gasteiger partial charge is 0.403 e. The summed E-state index contributed by atoms with van der Waals surface area (Å²) in [5.74, 6) is 1.14. The minimum atomic E-state index is -1.32. The van der Waals surface area contributed by atoms with Gasteiger partial charge in [-0.25, -0.2) is 8.78 Å². The number of hydrazine groups is 1. The number of rotatable bonds is 10. The number of carbonyl (C=O) groups is 3. The van der Waals surface area contributed by atoms with Gasteiger partial charge in [-0.1, -0.05) is 18.2 Å². The van der Waals surface area contributed by atoms with Gasteiger partial charge in [-0.05, 0) is 30.7 Å². The summed E-state index contributed by atoms with van der Waals surface area (Å²) in [4.78, 5) is 43.5. The molecule has 0 bridgehead atoms. The number of nitrogens with one attached hydrogen (secondary N) is 4. The zero-order valence-electron chi connectivity index (χ0n) is 21.7. The first-order valence-electron chi connectivity index (χ1n) is 12.5. The summed E-state index contributed by atoms with van der Waals surface area (Å²) in [6, 6.07) is 11.4. The summed E-state index contributed by atoms with van der Waals surface area (Å²) in [6.07, 6.45) is 1.25. The van der Waals surface area contributed by atoms with E-state index >= 15 is 0 Å². The molecular formula is C27H28F2N8O4. The lowest BCUT2D eigenvalue weighted by Crippen LogP contribution is -2.52. The molecule has 214 valence electrons. The molecule has 2 heterocycles. The monoisotopic (exact) mass is 566 g/mol. The van der Waals surface area contributed by atoms with Crippen LogP contribution in [0.5, 0.6) is 0 Å². The molecule has 1 aliphatic heterocycles. The van der Waals surface area contributed by atoms with Crippen molar-refractivity contribution in [3.05, 3.63) is 77.8 Å². The highest BCUT2D eigenvalue weighted by molar-refractivity contribution is 6.00. The van der Waals surface area contributed by atoms with Gasteiger partial charge in [0.15, 0.2) is 0 Å². The molecule has 1 aromatic heterocycles. The molecule has 1 saturated heterocycles. The second-order valence-corrected chi connectivity index (χ2v) is 9.33. The number of likely N-dealkylation sites (tertiary alicyclic amines) is 1. The third-order valence-corrected chi connectivity index (χ3v) is 6.57. The summed E-state index contributed by atoms with van der Waals surface area (Å²) in [5, 5.41) is 15.0. The van der Waals surface area contributed by atoms with E-state index in [1.165, 1.54) is 11.0 Å². The number of anilines is 1. The maximum absolute atomic E-state index is 14.2. The lowest BCUT2D eigenvalue weighted by atomic mass is 10.1. The Morgan fingerprint density at radius 2 is 1.98 bits per heavy atom. The Morgan fingerprint density at radius 1 is 1.22 bits per heavy atom. The molecule has 41 heavy (non-hydrogen) atoms. The molecule has 4 rings (SSSR count). The zero-order valence-corrected chi connectivity index (χ0v) is 21.7. The van der Waals surface area contributed by atoms with Crippen molar-refractivity contribution < 1.29 is 27.9 Å². The summed E-state index contributed by atoms with van der Waals surface area (Å²) >= 11 is 0. The summed E-state index contributed by atoms with van der Waals surface area (Å²) in [5.41, 5.74) is 8.56. The number of fused-ring (bicyclic) bond motifs is 1. The number of nitriles is 1. The van der Waals surface area contributed by atoms with Crippen molar-refractivity contribution in [3.8, 4) is 6.07 Å². The summed E-state index contributed by atoms with van der Waals surface area (Å²) in [6.45, 7) is -0.563. The summed E-state index contributed by atoms with van der Waals surface area (Å²) < 4.78 is 33.4. The number of carbonyl (C=O) groups excluding carboxylic acids is 3. The van der Waals surface area contributed by atoms with Gasteiger partial charge in [0.1, 0.15) is 29.4 Å². The second-order valence-electron chi connectivity index (χ2n) is 9.33. The van der Waals surface area contributed by atoms with Crippen LogP contribution >= 0.6 is 0 Å². The van der Waals surface area contributed by atoms with Gasteiger partial charge in [0.2, 0.25) is 11.8 Å². The predicted octanol–water partition coefficient (Wildman–Crippen LogP) is 1.20. The Labute approximate surface area is 233 Å². The molecule has 0 radical (unpaired) electrons. The van der Waals surface area contributed by atoms with Crippen LogP contribution in [0.1, 0.15) is 16.9 Å². The highest BCUT2D eigenvalue weighted by Gasteiger charge is 2.41. The van der Waals surface area contributed by atoms with Gasteiger partial charge in [-0.2, -0.15) is 5.26 Å². The zero-order chi connectivity index (χ0) is 29.5. The fourth-order valence-corrected chi connectivity index (χ4v) is 4.48. The lowest BCUT2D eigenvalue weighted by molar-refractivity contribution is -0.135. The number of benzene rings is 2. The SMILES string of the molecule is N#CC1CC(C(=O)Nc2ccccc2)CN1C(=O)C(COC/C(=C/N)NN)NC(=O)c1cc2c(F)cc(F)cc2[nH]1. The number of nitrogens with zero attached hydrogens (tertiary/aromatic N) is 2. The molecule has 8 N–H and O–H groups in total. The van der Waals surface area contributed by atoms with Gasteiger partial charge in [0, 0.05) is 29.9 Å². The van der Waals surface area contributed by atoms with Gasteiger partial charge >= 0.3 is 0 Å². The third-order valence-electron chi connectivity index (χ3n) is 6.57. The fraction of sp³-hybridized carbons (Fsp3) is 0.259. The Hall–Kier alpha value is -5.00. The Morgan fingerprint density at radius 3 is 2.66 bits per heavy atom. The molecule has 3 amide bonds. The third kappa shape index (κ3) is 6.78. The molecule has 14 heteroatoms. The number of halogens is 2. The highest BCUT2D eigenvalue weighted by atomic mass is 19.1. The minimum absolute atomic E-state index is 0.0150. The number of nitrogens with two attached hydrogens (primary N) is 2. The molecule has 1 aliphatic rings. The number of ether oxygens (including phenoxy) is 1. The standard InChI is InChI=1S/C27H28F2N8O4/c28-16-7-21(29)20-9-23(34-22(20)8-16)26(39)35-24(14-41-13-18(10-30)36-32)27(40)37-12-15(6-19(37)11-31)25(38)33-17-4-2-1-3-5-17/h1-5,7-10,15,19,24,34,36H,6,12-14,30,32H2,(H,33,38)(H,35,39)/b18-10-. The van der Waals surface area contributed by atoms with Gasteiger partial charge in [0.05, 0.1) is 36.4 Å². The van der Waals surface area contributed by atoms with E-state index in [2.05, 4.69) is 21.0 Å². The first-order valence-corrected chi connectivity index (χ1v) is 12.5. The van der Waals surface area contributed by atoms with Crippen LogP contribution in [0.4, 0.5) is 14.5 Å². The van der Waals surface area contributed by atoms with Crippen LogP contribution in [-0.2, 0) is 14.3 Å². The quantitative estimate of drug-likeness (QED) is 0.156. The van der Waals surface area contributed by atoms with Crippen LogP contribution in [0, 0.1) is 28.9 Å². The highest BCUT2D eigenvalue weighted by Crippen LogP contribution is 2.26. The van der Waals surface area contributed by atoms with E-state index in [0.29, 0.717) is 17.5 Å². The van der Waals surface area contributed by atoms with E-state index in [9.17, 15) is 28.4 Å². The van der Waals surface area contributed by atoms with Crippen molar-refractivity contribution in [3.63, 3.8) is 0 Å². The maximum Gasteiger partial charge on any atom is 0.268 e. The van der Waals surface area contributed by atoms with E-state index in [1.54, 1.807) is 30.3 Å². The minimum Gasteiger partial charge on any atom is -0.403 e. The predicted molar refractivity (Wildman–Crippen MR) is 144 cm³/mol. The van der Waals surface area contributed by atoms with Crippen molar-refractivity contribution in [1.29, 1.82) is 5.26 Å². The molecular weight excluding hydrogens is 538 g/mol. The molecule has 3 aromatic rings. The summed E-state index contributed by atoms with van der Waals surface area (Å²) in [7, 11) is 0. The first-order chi connectivity index (χ1) is 19.7. The van der Waals surface area contributed by atoms with Crippen molar-refractivity contribution in [2.45, 2.75) is 18.5 Å². The van der Waals surface area contributed by atoms with Crippen LogP contribution in [-0.4, -0.2) is 59.4 Å². The van der Waals surface area contributed by atoms with Gasteiger partial charge in [-0.15, -0.1) is 0 Å². The molecule has 0 saturated carbocycles. The Bertz CT molecular complexity index is 1500. The Kier molecular flexibility index (Phi) is 9.12. The number of hydrogen-bond acceptors (Lipinski definition) is 8. The number of aromatic amines is 1. The average Bonchev–Trinajstić information content (AvgIpc) is 3.60. The molecule has 2 aromatic carbocycles. The van der Waals surface area contributed by atoms with Gasteiger partial charge in [0.25, 0.3) is 5.91 Å². The van der Waals surface area contributed by atoms with Crippen LogP contribution in [0.2, 0.25) is 0 Å². The molecule has 0 spiro atoms. The number of amides is 3. The number of para-hydroxylation sites is 1. The van der Waals surface area contributed by atoms with E-state index in [-0.39, 0.29) is 48.7 Å². The number of hydrogen-bond donors (Lipinski definition) is 6. The van der Waals surface area contributed by atoms with Crippen molar-refractivity contribution in [2.75, 3.05) is 25.1 Å².